The number of hydrogen-bond donors (Lipinski definition) is 0. The van der Waals surface area contributed by atoms with Crippen LogP contribution in [0.3, 0.4) is 0 Å². The maximum absolute atomic E-state index is 5.26. The van der Waals surface area contributed by atoms with Crippen molar-refractivity contribution in [3.63, 3.8) is 0 Å². The van der Waals surface area contributed by atoms with Gasteiger partial charge in [0, 0.05) is 54.5 Å². The second-order valence-electron chi connectivity index (χ2n) is 12.5. The summed E-state index contributed by atoms with van der Waals surface area (Å²) in [5.41, 5.74) is 9.29. The SMILES string of the molecule is CC1(C)c2ccccc2-c2ccc3c(c21)c1nccnc1n3-c1nc(-c2ccccc2)nc(-c2cccc3sc4ccccc4c23)n1. The molecule has 0 bridgehead atoms. The van der Waals surface area contributed by atoms with Crippen molar-refractivity contribution in [1.82, 2.24) is 29.5 Å². The molecule has 0 saturated carbocycles. The summed E-state index contributed by atoms with van der Waals surface area (Å²) in [5, 5.41) is 3.44. The van der Waals surface area contributed by atoms with Crippen molar-refractivity contribution in [2.24, 2.45) is 0 Å². The topological polar surface area (TPSA) is 69.4 Å². The Kier molecular flexibility index (Phi) is 5.40. The van der Waals surface area contributed by atoms with E-state index in [-0.39, 0.29) is 5.41 Å². The Morgan fingerprint density at radius 2 is 1.34 bits per heavy atom. The van der Waals surface area contributed by atoms with Crippen LogP contribution in [0.5, 0.6) is 0 Å². The lowest BCUT2D eigenvalue weighted by atomic mass is 9.81. The van der Waals surface area contributed by atoms with Crippen LogP contribution in [0.4, 0.5) is 0 Å². The van der Waals surface area contributed by atoms with E-state index in [1.165, 1.54) is 37.0 Å². The molecule has 0 spiro atoms. The molecular weight excluding hydrogens is 597 g/mol. The zero-order valence-corrected chi connectivity index (χ0v) is 26.5. The number of fused-ring (bicyclic) bond motifs is 10. The summed E-state index contributed by atoms with van der Waals surface area (Å²) in [6.45, 7) is 4.61. The van der Waals surface area contributed by atoms with E-state index < -0.39 is 0 Å². The predicted molar refractivity (Wildman–Crippen MR) is 191 cm³/mol. The molecule has 1 aliphatic carbocycles. The Balaban J connectivity index is 1.31. The molecule has 4 heterocycles. The number of aromatic nitrogens is 6. The first kappa shape index (κ1) is 26.4. The average molecular weight is 623 g/mol. The minimum Gasteiger partial charge on any atom is -0.260 e. The van der Waals surface area contributed by atoms with Crippen LogP contribution in [0.15, 0.2) is 122 Å². The summed E-state index contributed by atoms with van der Waals surface area (Å²) >= 11 is 1.79. The monoisotopic (exact) mass is 622 g/mol. The highest BCUT2D eigenvalue weighted by molar-refractivity contribution is 7.25. The molecule has 9 aromatic rings. The van der Waals surface area contributed by atoms with Gasteiger partial charge in [-0.25, -0.2) is 9.97 Å². The normalized spacial score (nSPS) is 13.5. The van der Waals surface area contributed by atoms with Gasteiger partial charge in [0.05, 0.1) is 5.52 Å². The van der Waals surface area contributed by atoms with E-state index in [2.05, 4.69) is 97.3 Å². The molecule has 0 unspecified atom stereocenters. The predicted octanol–water partition coefficient (Wildman–Crippen LogP) is 9.77. The zero-order valence-electron chi connectivity index (χ0n) is 25.6. The van der Waals surface area contributed by atoms with E-state index in [9.17, 15) is 0 Å². The van der Waals surface area contributed by atoms with Crippen LogP contribution < -0.4 is 0 Å². The van der Waals surface area contributed by atoms with Crippen molar-refractivity contribution < 1.29 is 0 Å². The van der Waals surface area contributed by atoms with Crippen molar-refractivity contribution in [2.75, 3.05) is 0 Å². The third kappa shape index (κ3) is 3.69. The Morgan fingerprint density at radius 1 is 0.596 bits per heavy atom. The van der Waals surface area contributed by atoms with Crippen LogP contribution in [0, 0.1) is 0 Å². The number of nitrogens with zero attached hydrogens (tertiary/aromatic N) is 6. The highest BCUT2D eigenvalue weighted by Gasteiger charge is 2.38. The Labute approximate surface area is 274 Å². The lowest BCUT2D eigenvalue weighted by Crippen LogP contribution is -2.15. The molecule has 0 atom stereocenters. The molecule has 0 radical (unpaired) electrons. The highest BCUT2D eigenvalue weighted by atomic mass is 32.1. The molecule has 0 fully saturated rings. The van der Waals surface area contributed by atoms with Gasteiger partial charge in [-0.1, -0.05) is 105 Å². The van der Waals surface area contributed by atoms with E-state index in [4.69, 9.17) is 24.9 Å². The molecule has 0 N–H and O–H groups in total. The summed E-state index contributed by atoms with van der Waals surface area (Å²) < 4.78 is 4.51. The minimum absolute atomic E-state index is 0.225. The molecule has 6 nitrogen and oxygen atoms in total. The van der Waals surface area contributed by atoms with Crippen LogP contribution in [-0.2, 0) is 5.41 Å². The van der Waals surface area contributed by atoms with Crippen LogP contribution in [-0.4, -0.2) is 29.5 Å². The molecule has 4 aromatic heterocycles. The third-order valence-corrected chi connectivity index (χ3v) is 10.7. The van der Waals surface area contributed by atoms with E-state index in [0.717, 1.165) is 38.6 Å². The van der Waals surface area contributed by atoms with E-state index >= 15 is 0 Å². The maximum Gasteiger partial charge on any atom is 0.240 e. The Hall–Kier alpha value is -5.79. The fraction of sp³-hybridized carbons (Fsp3) is 0.0750. The first-order chi connectivity index (χ1) is 23.1. The molecular formula is C40H26N6S. The highest BCUT2D eigenvalue weighted by Crippen LogP contribution is 2.52. The first-order valence-corrected chi connectivity index (χ1v) is 16.5. The van der Waals surface area contributed by atoms with Crippen molar-refractivity contribution in [3.05, 3.63) is 133 Å². The van der Waals surface area contributed by atoms with Crippen LogP contribution in [0.2, 0.25) is 0 Å². The second-order valence-corrected chi connectivity index (χ2v) is 13.6. The summed E-state index contributed by atoms with van der Waals surface area (Å²) in [4.78, 5) is 25.4. The number of rotatable bonds is 3. The molecule has 10 rings (SSSR count). The third-order valence-electron chi connectivity index (χ3n) is 9.57. The van der Waals surface area contributed by atoms with E-state index in [1.807, 2.05) is 30.3 Å². The summed E-state index contributed by atoms with van der Waals surface area (Å²) in [6.07, 6.45) is 3.52. The summed E-state index contributed by atoms with van der Waals surface area (Å²) in [6, 6.07) is 38.2. The molecule has 47 heavy (non-hydrogen) atoms. The second kappa shape index (κ2) is 9.61. The molecule has 5 aromatic carbocycles. The number of thiophene rings is 1. The van der Waals surface area contributed by atoms with Gasteiger partial charge in [-0.15, -0.1) is 11.3 Å². The first-order valence-electron chi connectivity index (χ1n) is 15.7. The van der Waals surface area contributed by atoms with Gasteiger partial charge in [-0.2, -0.15) is 9.97 Å². The lowest BCUT2D eigenvalue weighted by Gasteiger charge is -2.22. The largest absolute Gasteiger partial charge is 0.260 e. The van der Waals surface area contributed by atoms with Crippen LogP contribution >= 0.6 is 11.3 Å². The van der Waals surface area contributed by atoms with Crippen molar-refractivity contribution in [2.45, 2.75) is 19.3 Å². The fourth-order valence-electron chi connectivity index (χ4n) is 7.54. The molecule has 7 heteroatoms. The minimum atomic E-state index is -0.225. The van der Waals surface area contributed by atoms with Gasteiger partial charge in [0.15, 0.2) is 17.3 Å². The smallest absolute Gasteiger partial charge is 0.240 e. The van der Waals surface area contributed by atoms with Gasteiger partial charge in [-0.3, -0.25) is 9.55 Å². The maximum atomic E-state index is 5.26. The summed E-state index contributed by atoms with van der Waals surface area (Å²) in [7, 11) is 0. The van der Waals surface area contributed by atoms with Gasteiger partial charge in [0.2, 0.25) is 5.95 Å². The molecule has 0 aliphatic heterocycles. The molecule has 222 valence electrons. The van der Waals surface area contributed by atoms with Crippen molar-refractivity contribution in [3.8, 4) is 39.9 Å². The van der Waals surface area contributed by atoms with Gasteiger partial charge < -0.3 is 0 Å². The average Bonchev–Trinajstić information content (AvgIpc) is 3.74. The van der Waals surface area contributed by atoms with E-state index in [0.29, 0.717) is 17.6 Å². The molecule has 0 saturated heterocycles. The Bertz CT molecular complexity index is 2720. The van der Waals surface area contributed by atoms with Crippen molar-refractivity contribution in [1.29, 1.82) is 0 Å². The standard InChI is InChI=1S/C40H26N6S/c1-40(2)28-16-8-6-13-24(28)25-19-20-29-33(34(25)40)35-38(42-22-21-41-35)46(29)39-44-36(23-11-4-3-5-12-23)43-37(45-39)27-15-10-18-31-32(27)26-14-7-9-17-30(26)47-31/h3-22H,1-2H3. The van der Waals surface area contributed by atoms with Gasteiger partial charge in [0.25, 0.3) is 0 Å². The summed E-state index contributed by atoms with van der Waals surface area (Å²) in [5.74, 6) is 1.74. The van der Waals surface area contributed by atoms with E-state index in [1.54, 1.807) is 23.7 Å². The number of hydrogen-bond acceptors (Lipinski definition) is 6. The quantitative estimate of drug-likeness (QED) is 0.196. The van der Waals surface area contributed by atoms with Crippen LogP contribution in [0.1, 0.15) is 25.0 Å². The lowest BCUT2D eigenvalue weighted by molar-refractivity contribution is 0.666. The van der Waals surface area contributed by atoms with Gasteiger partial charge in [-0.05, 0) is 40.5 Å². The van der Waals surface area contributed by atoms with Gasteiger partial charge >= 0.3 is 0 Å². The Morgan fingerprint density at radius 3 is 2.26 bits per heavy atom. The zero-order chi connectivity index (χ0) is 31.3. The molecule has 0 amide bonds. The van der Waals surface area contributed by atoms with Gasteiger partial charge in [0.1, 0.15) is 5.52 Å². The number of benzene rings is 5. The fourth-order valence-corrected chi connectivity index (χ4v) is 8.67. The van der Waals surface area contributed by atoms with Crippen molar-refractivity contribution >= 4 is 53.6 Å². The molecule has 1 aliphatic rings. The van der Waals surface area contributed by atoms with Crippen LogP contribution in [0.25, 0.3) is 82.1 Å².